The Morgan fingerprint density at radius 3 is 2.00 bits per heavy atom. The lowest BCUT2D eigenvalue weighted by Crippen LogP contribution is -2.33. The molecule has 0 bridgehead atoms. The van der Waals surface area contributed by atoms with Gasteiger partial charge in [-0.1, -0.05) is 0 Å². The van der Waals surface area contributed by atoms with Gasteiger partial charge in [0.05, 0.1) is 11.2 Å². The van der Waals surface area contributed by atoms with Gasteiger partial charge in [-0.3, -0.25) is 4.79 Å². The summed E-state index contributed by atoms with van der Waals surface area (Å²) in [4.78, 5) is 11.8. The highest BCUT2D eigenvalue weighted by Crippen LogP contribution is 2.31. The zero-order valence-corrected chi connectivity index (χ0v) is 12.0. The summed E-state index contributed by atoms with van der Waals surface area (Å²) in [7, 11) is 1.81. The number of hydrogen-bond acceptors (Lipinski definition) is 4. The number of ether oxygens (including phenoxy) is 1. The van der Waals surface area contributed by atoms with Crippen LogP contribution in [0.1, 0.15) is 46.5 Å². The van der Waals surface area contributed by atoms with Crippen LogP contribution >= 0.6 is 10.7 Å². The maximum atomic E-state index is 11.8. The van der Waals surface area contributed by atoms with Crippen LogP contribution in [0.2, 0.25) is 0 Å². The molecule has 0 spiro atoms. The molecular weight excluding hydrogens is 264 g/mol. The molecule has 1 aliphatic rings. The lowest BCUT2D eigenvalue weighted by Gasteiger charge is -2.28. The third-order valence-electron chi connectivity index (χ3n) is 2.81. The summed E-state index contributed by atoms with van der Waals surface area (Å²) < 4.78 is 27.6. The van der Waals surface area contributed by atoms with Crippen molar-refractivity contribution in [3.8, 4) is 0 Å². The minimum Gasteiger partial charge on any atom is -0.460 e. The molecule has 6 heteroatoms. The molecule has 0 aromatic heterocycles. The van der Waals surface area contributed by atoms with Crippen LogP contribution in [0.4, 0.5) is 0 Å². The van der Waals surface area contributed by atoms with Crippen LogP contribution in [0, 0.1) is 5.92 Å². The quantitative estimate of drug-likeness (QED) is 0.577. The van der Waals surface area contributed by atoms with E-state index in [9.17, 15) is 13.2 Å². The molecule has 0 aliphatic heterocycles. The second-order valence-corrected chi connectivity index (χ2v) is 8.39. The molecule has 0 saturated heterocycles. The molecule has 0 aromatic carbocycles. The van der Waals surface area contributed by atoms with Gasteiger partial charge < -0.3 is 4.74 Å². The van der Waals surface area contributed by atoms with Crippen molar-refractivity contribution in [1.82, 2.24) is 0 Å². The number of hydrogen-bond donors (Lipinski definition) is 0. The number of rotatable bonds is 2. The predicted octanol–water partition coefficient (Wildman–Crippen LogP) is 2.46. The summed E-state index contributed by atoms with van der Waals surface area (Å²) in [6, 6.07) is 0. The van der Waals surface area contributed by atoms with Crippen molar-refractivity contribution in [3.63, 3.8) is 0 Å². The minimum absolute atomic E-state index is 0.191. The maximum absolute atomic E-state index is 11.8. The van der Waals surface area contributed by atoms with Gasteiger partial charge in [-0.15, -0.1) is 0 Å². The van der Waals surface area contributed by atoms with Crippen molar-refractivity contribution in [1.29, 1.82) is 0 Å². The molecule has 1 rings (SSSR count). The van der Waals surface area contributed by atoms with E-state index >= 15 is 0 Å². The Balaban J connectivity index is 2.50. The Hall–Kier alpha value is -0.290. The number of halogens is 1. The Morgan fingerprint density at radius 2 is 1.65 bits per heavy atom. The molecule has 0 unspecified atom stereocenters. The molecule has 0 heterocycles. The van der Waals surface area contributed by atoms with Gasteiger partial charge in [0, 0.05) is 10.7 Å². The van der Waals surface area contributed by atoms with Gasteiger partial charge in [0.25, 0.3) is 0 Å². The number of carbonyl (C=O) groups excluding carboxylic acids is 1. The summed E-state index contributed by atoms with van der Waals surface area (Å²) >= 11 is 0. The Labute approximate surface area is 107 Å². The van der Waals surface area contributed by atoms with Gasteiger partial charge in [0.2, 0.25) is 9.05 Å². The van der Waals surface area contributed by atoms with Crippen molar-refractivity contribution >= 4 is 25.7 Å². The van der Waals surface area contributed by atoms with Crippen molar-refractivity contribution in [3.05, 3.63) is 0 Å². The molecule has 0 amide bonds. The largest absolute Gasteiger partial charge is 0.460 e. The molecule has 0 radical (unpaired) electrons. The molecule has 4 nitrogen and oxygen atoms in total. The molecule has 1 saturated carbocycles. The Morgan fingerprint density at radius 1 is 1.18 bits per heavy atom. The lowest BCUT2D eigenvalue weighted by molar-refractivity contribution is -0.161. The van der Waals surface area contributed by atoms with Crippen molar-refractivity contribution in [2.24, 2.45) is 5.92 Å². The summed E-state index contributed by atoms with van der Waals surface area (Å²) in [5, 5.41) is -0.511. The van der Waals surface area contributed by atoms with E-state index in [-0.39, 0.29) is 11.9 Å². The molecule has 17 heavy (non-hydrogen) atoms. The summed E-state index contributed by atoms with van der Waals surface area (Å²) in [6.07, 6.45) is 1.95. The van der Waals surface area contributed by atoms with E-state index in [1.165, 1.54) is 0 Å². The zero-order chi connectivity index (χ0) is 13.3. The first kappa shape index (κ1) is 14.8. The van der Waals surface area contributed by atoms with E-state index < -0.39 is 19.9 Å². The fourth-order valence-electron chi connectivity index (χ4n) is 1.97. The zero-order valence-electron chi connectivity index (χ0n) is 10.4. The van der Waals surface area contributed by atoms with E-state index in [1.54, 1.807) is 0 Å². The van der Waals surface area contributed by atoms with Crippen LogP contribution < -0.4 is 0 Å². The number of carbonyl (C=O) groups is 1. The first-order chi connectivity index (χ1) is 7.59. The van der Waals surface area contributed by atoms with Gasteiger partial charge in [0.15, 0.2) is 0 Å². The fraction of sp³-hybridized carbons (Fsp3) is 0.909. The standard InChI is InChI=1S/C11H19ClO4S/c1-11(2,3)16-10(13)8-4-6-9(7-5-8)17(12,14)15/h8-9H,4-7H2,1-3H3. The highest BCUT2D eigenvalue weighted by Gasteiger charge is 2.34. The average molecular weight is 283 g/mol. The highest BCUT2D eigenvalue weighted by atomic mass is 35.7. The Bertz CT molecular complexity index is 375. The summed E-state index contributed by atoms with van der Waals surface area (Å²) in [5.41, 5.74) is -0.494. The van der Waals surface area contributed by atoms with Crippen LogP contribution in [0.25, 0.3) is 0 Å². The van der Waals surface area contributed by atoms with Gasteiger partial charge in [0.1, 0.15) is 5.60 Å². The second-order valence-electron chi connectivity index (χ2n) is 5.48. The van der Waals surface area contributed by atoms with Crippen LogP contribution in [-0.2, 0) is 18.6 Å². The monoisotopic (exact) mass is 282 g/mol. The third kappa shape index (κ3) is 4.84. The normalized spacial score (nSPS) is 26.6. The molecule has 1 fully saturated rings. The van der Waals surface area contributed by atoms with Crippen LogP contribution in [0.3, 0.4) is 0 Å². The minimum atomic E-state index is -3.49. The molecule has 0 atom stereocenters. The van der Waals surface area contributed by atoms with E-state index in [0.29, 0.717) is 25.7 Å². The molecular formula is C11H19ClO4S. The van der Waals surface area contributed by atoms with Gasteiger partial charge in [-0.25, -0.2) is 8.42 Å². The van der Waals surface area contributed by atoms with Gasteiger partial charge in [-0.2, -0.15) is 0 Å². The van der Waals surface area contributed by atoms with E-state index in [4.69, 9.17) is 15.4 Å². The first-order valence-electron chi connectivity index (χ1n) is 5.76. The summed E-state index contributed by atoms with van der Waals surface area (Å²) in [6.45, 7) is 5.46. The maximum Gasteiger partial charge on any atom is 0.309 e. The Kier molecular flexibility index (Phi) is 4.47. The first-order valence-corrected chi connectivity index (χ1v) is 8.13. The number of esters is 1. The van der Waals surface area contributed by atoms with Crippen LogP contribution in [0.15, 0.2) is 0 Å². The molecule has 0 aromatic rings. The topological polar surface area (TPSA) is 60.4 Å². The highest BCUT2D eigenvalue weighted by molar-refractivity contribution is 8.14. The van der Waals surface area contributed by atoms with Gasteiger partial charge in [-0.05, 0) is 46.5 Å². The van der Waals surface area contributed by atoms with Crippen molar-refractivity contribution < 1.29 is 17.9 Å². The van der Waals surface area contributed by atoms with Gasteiger partial charge >= 0.3 is 5.97 Å². The van der Waals surface area contributed by atoms with Crippen molar-refractivity contribution in [2.45, 2.75) is 57.3 Å². The van der Waals surface area contributed by atoms with E-state index in [2.05, 4.69) is 0 Å². The lowest BCUT2D eigenvalue weighted by atomic mass is 9.89. The van der Waals surface area contributed by atoms with E-state index in [1.807, 2.05) is 20.8 Å². The molecule has 1 aliphatic carbocycles. The SMILES string of the molecule is CC(C)(C)OC(=O)C1CCC(S(=O)(=O)Cl)CC1. The van der Waals surface area contributed by atoms with Crippen LogP contribution in [0.5, 0.6) is 0 Å². The molecule has 100 valence electrons. The summed E-state index contributed by atoms with van der Waals surface area (Å²) in [5.74, 6) is -0.424. The van der Waals surface area contributed by atoms with Crippen molar-refractivity contribution in [2.75, 3.05) is 0 Å². The smallest absolute Gasteiger partial charge is 0.309 e. The fourth-order valence-corrected chi connectivity index (χ4v) is 3.33. The predicted molar refractivity (Wildman–Crippen MR) is 66.4 cm³/mol. The second kappa shape index (κ2) is 5.14. The van der Waals surface area contributed by atoms with Crippen LogP contribution in [-0.4, -0.2) is 25.2 Å². The van der Waals surface area contributed by atoms with E-state index in [0.717, 1.165) is 0 Å². The average Bonchev–Trinajstić information content (AvgIpc) is 2.14. The molecule has 0 N–H and O–H groups in total. The third-order valence-corrected chi connectivity index (χ3v) is 4.84.